The van der Waals surface area contributed by atoms with Gasteiger partial charge in [0.15, 0.2) is 5.78 Å². The summed E-state index contributed by atoms with van der Waals surface area (Å²) in [5, 5.41) is -0.249. The SMILES string of the molecule is CC.CN(C(=O)CCl)C1=C(Cl)C(=O)c2ccccc2CC1=O. The van der Waals surface area contributed by atoms with Crippen molar-refractivity contribution in [2.75, 3.05) is 12.9 Å². The van der Waals surface area contributed by atoms with Crippen LogP contribution >= 0.6 is 23.2 Å². The van der Waals surface area contributed by atoms with Crippen molar-refractivity contribution in [2.45, 2.75) is 20.3 Å². The van der Waals surface area contributed by atoms with Gasteiger partial charge in [-0.3, -0.25) is 14.4 Å². The van der Waals surface area contributed by atoms with Crippen LogP contribution in [0, 0.1) is 0 Å². The summed E-state index contributed by atoms with van der Waals surface area (Å²) in [6.45, 7) is 4.00. The molecule has 0 aromatic heterocycles. The number of rotatable bonds is 2. The van der Waals surface area contributed by atoms with Crippen LogP contribution in [0.4, 0.5) is 0 Å². The summed E-state index contributed by atoms with van der Waals surface area (Å²) in [4.78, 5) is 37.2. The number of hydrogen-bond donors (Lipinski definition) is 0. The fourth-order valence-corrected chi connectivity index (χ4v) is 2.56. The van der Waals surface area contributed by atoms with Crippen molar-refractivity contribution >= 4 is 40.7 Å². The van der Waals surface area contributed by atoms with E-state index in [1.165, 1.54) is 7.05 Å². The first-order valence-corrected chi connectivity index (χ1v) is 7.76. The molecule has 0 unspecified atom stereocenters. The second-order valence-corrected chi connectivity index (χ2v) is 4.98. The summed E-state index contributed by atoms with van der Waals surface area (Å²) in [5.74, 6) is -1.63. The average Bonchev–Trinajstić information content (AvgIpc) is 2.64. The highest BCUT2D eigenvalue weighted by Crippen LogP contribution is 2.27. The third-order valence-electron chi connectivity index (χ3n) is 3.11. The van der Waals surface area contributed by atoms with Gasteiger partial charge in [0.2, 0.25) is 11.7 Å². The number of halogens is 2. The Kier molecular flexibility index (Phi) is 6.78. The third kappa shape index (κ3) is 3.57. The van der Waals surface area contributed by atoms with E-state index in [2.05, 4.69) is 0 Å². The molecule has 1 aromatic rings. The molecule has 2 rings (SSSR count). The maximum atomic E-state index is 12.3. The topological polar surface area (TPSA) is 54.5 Å². The van der Waals surface area contributed by atoms with Gasteiger partial charge < -0.3 is 4.90 Å². The lowest BCUT2D eigenvalue weighted by molar-refractivity contribution is -0.128. The van der Waals surface area contributed by atoms with E-state index in [0.29, 0.717) is 11.1 Å². The molecule has 0 fully saturated rings. The molecule has 0 atom stereocenters. The lowest BCUT2D eigenvalue weighted by atomic mass is 10.0. The molecular weight excluding hydrogens is 325 g/mol. The lowest BCUT2D eigenvalue weighted by Crippen LogP contribution is -2.32. The fraction of sp³-hybridized carbons (Fsp3) is 0.312. The molecule has 4 nitrogen and oxygen atoms in total. The van der Waals surface area contributed by atoms with Gasteiger partial charge in [-0.25, -0.2) is 0 Å². The standard InChI is InChI=1S/C14H11Cl2NO3.C2H6/c1-17(11(19)7-15)13-10(18)6-8-4-2-3-5-9(8)14(20)12(13)16;1-2/h2-5H,6-7H2,1H3;1-2H3. The molecule has 0 radical (unpaired) electrons. The van der Waals surface area contributed by atoms with Crippen LogP contribution in [0.2, 0.25) is 0 Å². The van der Waals surface area contributed by atoms with E-state index in [-0.39, 0.29) is 28.8 Å². The average molecular weight is 342 g/mol. The molecular formula is C16H17Cl2NO3. The van der Waals surface area contributed by atoms with Crippen molar-refractivity contribution in [3.8, 4) is 0 Å². The number of nitrogens with zero attached hydrogens (tertiary/aromatic N) is 1. The Bertz CT molecular complexity index is 638. The second kappa shape index (κ2) is 8.11. The number of Topliss-reactive ketones (excluding diaryl/α,β-unsaturated/α-hetero) is 2. The zero-order valence-corrected chi connectivity index (χ0v) is 14.2. The molecule has 0 spiro atoms. The van der Waals surface area contributed by atoms with Gasteiger partial charge in [0.25, 0.3) is 0 Å². The minimum Gasteiger partial charge on any atom is -0.310 e. The number of hydrogen-bond acceptors (Lipinski definition) is 3. The number of allylic oxidation sites excluding steroid dienone is 2. The number of benzene rings is 1. The van der Waals surface area contributed by atoms with Gasteiger partial charge in [-0.05, 0) is 5.56 Å². The summed E-state index contributed by atoms with van der Waals surface area (Å²) < 4.78 is 0. The highest BCUT2D eigenvalue weighted by molar-refractivity contribution is 6.47. The summed E-state index contributed by atoms with van der Waals surface area (Å²) in [5.41, 5.74) is 0.883. The number of ketones is 2. The molecule has 0 aliphatic heterocycles. The maximum Gasteiger partial charge on any atom is 0.241 e. The predicted octanol–water partition coefficient (Wildman–Crippen LogP) is 3.17. The van der Waals surface area contributed by atoms with Crippen molar-refractivity contribution < 1.29 is 14.4 Å². The molecule has 22 heavy (non-hydrogen) atoms. The van der Waals surface area contributed by atoms with E-state index >= 15 is 0 Å². The van der Waals surface area contributed by atoms with Gasteiger partial charge in [0, 0.05) is 19.0 Å². The van der Waals surface area contributed by atoms with Gasteiger partial charge in [-0.1, -0.05) is 49.7 Å². The summed E-state index contributed by atoms with van der Waals surface area (Å²) in [6, 6.07) is 6.75. The molecule has 118 valence electrons. The van der Waals surface area contributed by atoms with Crippen molar-refractivity contribution in [3.05, 3.63) is 46.1 Å². The highest BCUT2D eigenvalue weighted by Gasteiger charge is 2.31. The Morgan fingerprint density at radius 1 is 1.23 bits per heavy atom. The Morgan fingerprint density at radius 2 is 1.82 bits per heavy atom. The predicted molar refractivity (Wildman–Crippen MR) is 87.2 cm³/mol. The molecule has 0 heterocycles. The Labute approximate surface area is 139 Å². The quantitative estimate of drug-likeness (QED) is 0.776. The van der Waals surface area contributed by atoms with Crippen LogP contribution in [-0.2, 0) is 16.0 Å². The Morgan fingerprint density at radius 3 is 2.41 bits per heavy atom. The smallest absolute Gasteiger partial charge is 0.241 e. The monoisotopic (exact) mass is 341 g/mol. The zero-order valence-electron chi connectivity index (χ0n) is 12.7. The molecule has 6 heteroatoms. The van der Waals surface area contributed by atoms with Crippen LogP contribution in [0.5, 0.6) is 0 Å². The number of alkyl halides is 1. The van der Waals surface area contributed by atoms with Gasteiger partial charge in [0.1, 0.15) is 16.6 Å². The van der Waals surface area contributed by atoms with Crippen molar-refractivity contribution in [2.24, 2.45) is 0 Å². The third-order valence-corrected chi connectivity index (χ3v) is 3.69. The number of carbonyl (C=O) groups is 3. The number of carbonyl (C=O) groups excluding carboxylic acids is 3. The van der Waals surface area contributed by atoms with E-state index in [1.54, 1.807) is 24.3 Å². The van der Waals surface area contributed by atoms with Gasteiger partial charge in [-0.15, -0.1) is 11.6 Å². The van der Waals surface area contributed by atoms with Crippen molar-refractivity contribution in [1.29, 1.82) is 0 Å². The molecule has 1 aromatic carbocycles. The molecule has 0 saturated carbocycles. The minimum atomic E-state index is -0.494. The lowest BCUT2D eigenvalue weighted by Gasteiger charge is -2.18. The highest BCUT2D eigenvalue weighted by atomic mass is 35.5. The Balaban J connectivity index is 0.00000116. The van der Waals surface area contributed by atoms with Crippen LogP contribution in [0.15, 0.2) is 35.0 Å². The molecule has 0 saturated heterocycles. The van der Waals surface area contributed by atoms with E-state index in [1.807, 2.05) is 13.8 Å². The van der Waals surface area contributed by atoms with Gasteiger partial charge in [0.05, 0.1) is 0 Å². The van der Waals surface area contributed by atoms with E-state index in [0.717, 1.165) is 4.90 Å². The molecule has 0 bridgehead atoms. The van der Waals surface area contributed by atoms with Crippen LogP contribution < -0.4 is 0 Å². The number of likely N-dealkylation sites (N-methyl/N-ethyl adjacent to an activating group) is 1. The minimum absolute atomic E-state index is 0.0212. The normalized spacial score (nSPS) is 13.9. The van der Waals surface area contributed by atoms with Gasteiger partial charge >= 0.3 is 0 Å². The van der Waals surface area contributed by atoms with Crippen molar-refractivity contribution in [1.82, 2.24) is 4.90 Å². The molecule has 1 aliphatic rings. The first-order chi connectivity index (χ1) is 10.5. The summed E-state index contributed by atoms with van der Waals surface area (Å²) >= 11 is 11.5. The van der Waals surface area contributed by atoms with E-state index < -0.39 is 11.7 Å². The maximum absolute atomic E-state index is 12.3. The van der Waals surface area contributed by atoms with Crippen LogP contribution in [0.1, 0.15) is 29.8 Å². The first-order valence-electron chi connectivity index (χ1n) is 6.85. The van der Waals surface area contributed by atoms with Crippen LogP contribution in [0.25, 0.3) is 0 Å². The summed E-state index contributed by atoms with van der Waals surface area (Å²) in [6.07, 6.45) is 0.0212. The van der Waals surface area contributed by atoms with E-state index in [4.69, 9.17) is 23.2 Å². The van der Waals surface area contributed by atoms with Gasteiger partial charge in [-0.2, -0.15) is 0 Å². The first kappa shape index (κ1) is 18.4. The number of amides is 1. The van der Waals surface area contributed by atoms with Crippen LogP contribution in [-0.4, -0.2) is 35.3 Å². The Hall–Kier alpha value is -1.65. The molecule has 1 aliphatic carbocycles. The number of fused-ring (bicyclic) bond motifs is 1. The van der Waals surface area contributed by atoms with Crippen molar-refractivity contribution in [3.63, 3.8) is 0 Å². The van der Waals surface area contributed by atoms with E-state index in [9.17, 15) is 14.4 Å². The summed E-state index contributed by atoms with van der Waals surface area (Å²) in [7, 11) is 1.38. The fourth-order valence-electron chi connectivity index (χ4n) is 2.05. The van der Waals surface area contributed by atoms with Crippen LogP contribution in [0.3, 0.4) is 0 Å². The largest absolute Gasteiger partial charge is 0.310 e. The second-order valence-electron chi connectivity index (χ2n) is 4.34. The molecule has 0 N–H and O–H groups in total. The zero-order chi connectivity index (χ0) is 16.9. The molecule has 1 amide bonds.